The molecule has 1 rings (SSSR count). The lowest BCUT2D eigenvalue weighted by atomic mass is 10.0. The number of carbonyl (C=O) groups is 1. The van der Waals surface area contributed by atoms with E-state index in [9.17, 15) is 17.8 Å². The van der Waals surface area contributed by atoms with Crippen molar-refractivity contribution in [1.82, 2.24) is 4.72 Å². The molecule has 0 radical (unpaired) electrons. The molecule has 0 aliphatic heterocycles. The predicted molar refractivity (Wildman–Crippen MR) is 77.8 cm³/mol. The maximum absolute atomic E-state index is 13.9. The normalized spacial score (nSPS) is 15.5. The van der Waals surface area contributed by atoms with Gasteiger partial charge in [-0.05, 0) is 38.5 Å². The summed E-state index contributed by atoms with van der Waals surface area (Å²) >= 11 is 5.69. The second-order valence-corrected chi connectivity index (χ2v) is 7.85. The van der Waals surface area contributed by atoms with Crippen molar-refractivity contribution in [2.45, 2.75) is 37.5 Å². The molecule has 0 aromatic heterocycles. The van der Waals surface area contributed by atoms with E-state index in [4.69, 9.17) is 16.7 Å². The topological polar surface area (TPSA) is 66.4 Å². The van der Waals surface area contributed by atoms with E-state index in [0.29, 0.717) is 5.02 Å². The Hall–Kier alpha value is -1.05. The molecule has 0 saturated carbocycles. The lowest BCUT2D eigenvalue weighted by Crippen LogP contribution is -2.47. The maximum atomic E-state index is 13.9. The predicted octanol–water partition coefficient (Wildman–Crippen LogP) is 3.15. The van der Waals surface area contributed by atoms with Gasteiger partial charge in [-0.15, -0.1) is 0 Å². The minimum absolute atomic E-state index is 0.00981. The lowest BCUT2D eigenvalue weighted by Gasteiger charge is -2.28. The maximum Gasteiger partial charge on any atom is 0.376 e. The Labute approximate surface area is 129 Å². The Morgan fingerprint density at radius 1 is 1.29 bits per heavy atom. The molecular formula is C13H16ClF2NO3S. The average Bonchev–Trinajstić information content (AvgIpc) is 2.35. The molecule has 0 fully saturated rings. The van der Waals surface area contributed by atoms with Gasteiger partial charge in [0.25, 0.3) is 0 Å². The number of carboxylic acid groups (broad SMARTS) is 1. The third-order valence-electron chi connectivity index (χ3n) is 2.63. The van der Waals surface area contributed by atoms with Gasteiger partial charge in [0.15, 0.2) is 0 Å². The molecule has 0 aliphatic rings. The van der Waals surface area contributed by atoms with E-state index < -0.39 is 33.7 Å². The van der Waals surface area contributed by atoms with Crippen molar-refractivity contribution in [2.75, 3.05) is 0 Å². The quantitative estimate of drug-likeness (QED) is 0.866. The molecule has 1 aromatic carbocycles. The molecule has 0 heterocycles. The van der Waals surface area contributed by atoms with Crippen molar-refractivity contribution < 1.29 is 22.9 Å². The molecular weight excluding hydrogens is 324 g/mol. The molecule has 0 aliphatic carbocycles. The monoisotopic (exact) mass is 339 g/mol. The standard InChI is InChI=1S/C13H16ClF2NO3S/c1-12(2,3)21(20)17-10(13(15,16)11(18)19)8-4-6-9(14)7-5-8/h4-7,10,17H,1-3H3,(H,18,19)/t10-,21+/m1/s1. The molecule has 0 saturated heterocycles. The second-order valence-electron chi connectivity index (χ2n) is 5.41. The van der Waals surface area contributed by atoms with E-state index in [1.165, 1.54) is 24.3 Å². The zero-order valence-corrected chi connectivity index (χ0v) is 13.3. The van der Waals surface area contributed by atoms with Crippen LogP contribution >= 0.6 is 11.6 Å². The number of hydrogen-bond acceptors (Lipinski definition) is 2. The fraction of sp³-hybridized carbons (Fsp3) is 0.462. The molecule has 0 unspecified atom stereocenters. The number of hydrogen-bond donors (Lipinski definition) is 2. The molecule has 118 valence electrons. The summed E-state index contributed by atoms with van der Waals surface area (Å²) < 4.78 is 41.3. The molecule has 1 aromatic rings. The number of carboxylic acids is 1. The number of nitrogens with one attached hydrogen (secondary N) is 1. The summed E-state index contributed by atoms with van der Waals surface area (Å²) in [6.07, 6.45) is 0. The van der Waals surface area contributed by atoms with Gasteiger partial charge in [-0.1, -0.05) is 23.7 Å². The molecule has 2 N–H and O–H groups in total. The van der Waals surface area contributed by atoms with Crippen LogP contribution in [0.3, 0.4) is 0 Å². The van der Waals surface area contributed by atoms with Gasteiger partial charge in [0, 0.05) is 5.02 Å². The van der Waals surface area contributed by atoms with Gasteiger partial charge in [-0.25, -0.2) is 13.7 Å². The highest BCUT2D eigenvalue weighted by Gasteiger charge is 2.49. The van der Waals surface area contributed by atoms with Crippen molar-refractivity contribution in [1.29, 1.82) is 0 Å². The van der Waals surface area contributed by atoms with E-state index >= 15 is 0 Å². The van der Waals surface area contributed by atoms with Crippen molar-refractivity contribution in [2.24, 2.45) is 0 Å². The molecule has 4 nitrogen and oxygen atoms in total. The highest BCUT2D eigenvalue weighted by molar-refractivity contribution is 7.84. The molecule has 21 heavy (non-hydrogen) atoms. The van der Waals surface area contributed by atoms with Gasteiger partial charge in [0.2, 0.25) is 0 Å². The SMILES string of the molecule is CC(C)(C)[S@](=O)N[C@H](c1ccc(Cl)cc1)C(F)(F)C(=O)O. The van der Waals surface area contributed by atoms with Gasteiger partial charge in [-0.3, -0.25) is 0 Å². The molecule has 2 atom stereocenters. The molecule has 8 heteroatoms. The summed E-state index contributed by atoms with van der Waals surface area (Å²) in [5, 5.41) is 9.06. The Morgan fingerprint density at radius 3 is 2.14 bits per heavy atom. The summed E-state index contributed by atoms with van der Waals surface area (Å²) in [7, 11) is -1.86. The third kappa shape index (κ3) is 4.46. The van der Waals surface area contributed by atoms with E-state index in [0.717, 1.165) is 0 Å². The smallest absolute Gasteiger partial charge is 0.376 e. The van der Waals surface area contributed by atoms with Crippen LogP contribution in [0.2, 0.25) is 5.02 Å². The highest BCUT2D eigenvalue weighted by atomic mass is 35.5. The number of benzene rings is 1. The summed E-state index contributed by atoms with van der Waals surface area (Å²) in [5.41, 5.74) is -0.00981. The van der Waals surface area contributed by atoms with Crippen LogP contribution in [0.25, 0.3) is 0 Å². The van der Waals surface area contributed by atoms with Crippen LogP contribution < -0.4 is 4.72 Å². The minimum Gasteiger partial charge on any atom is -0.477 e. The summed E-state index contributed by atoms with van der Waals surface area (Å²) in [4.78, 5) is 10.8. The van der Waals surface area contributed by atoms with Crippen molar-refractivity contribution in [3.8, 4) is 0 Å². The fourth-order valence-electron chi connectivity index (χ4n) is 1.41. The van der Waals surface area contributed by atoms with Crippen LogP contribution in [0.5, 0.6) is 0 Å². The molecule has 0 bridgehead atoms. The molecule has 0 amide bonds. The Kier molecular flexibility index (Phi) is 5.46. The minimum atomic E-state index is -4.12. The second kappa shape index (κ2) is 6.37. The van der Waals surface area contributed by atoms with Crippen LogP contribution in [-0.2, 0) is 15.8 Å². The number of alkyl halides is 2. The molecule has 0 spiro atoms. The Balaban J connectivity index is 3.21. The summed E-state index contributed by atoms with van der Waals surface area (Å²) in [6, 6.07) is 3.35. The van der Waals surface area contributed by atoms with Gasteiger partial charge >= 0.3 is 11.9 Å². The first-order valence-electron chi connectivity index (χ1n) is 6.01. The van der Waals surface area contributed by atoms with Crippen molar-refractivity contribution in [3.63, 3.8) is 0 Å². The number of rotatable bonds is 5. The van der Waals surface area contributed by atoms with E-state index in [1.54, 1.807) is 20.8 Å². The Morgan fingerprint density at radius 2 is 1.76 bits per heavy atom. The first-order valence-corrected chi connectivity index (χ1v) is 7.53. The number of halogens is 3. The zero-order chi connectivity index (χ0) is 16.4. The Bertz CT molecular complexity index is 543. The van der Waals surface area contributed by atoms with Crippen molar-refractivity contribution >= 4 is 28.6 Å². The first-order chi connectivity index (χ1) is 9.46. The van der Waals surface area contributed by atoms with Gasteiger partial charge < -0.3 is 5.11 Å². The van der Waals surface area contributed by atoms with Crippen LogP contribution in [0.4, 0.5) is 8.78 Å². The largest absolute Gasteiger partial charge is 0.477 e. The van der Waals surface area contributed by atoms with Crippen LogP contribution in [0.15, 0.2) is 24.3 Å². The zero-order valence-electron chi connectivity index (χ0n) is 11.7. The summed E-state index contributed by atoms with van der Waals surface area (Å²) in [6.45, 7) is 4.77. The van der Waals surface area contributed by atoms with Gasteiger partial charge in [0.05, 0.1) is 15.7 Å². The number of aliphatic carboxylic acids is 1. The van der Waals surface area contributed by atoms with Gasteiger partial charge in [-0.2, -0.15) is 8.78 Å². The van der Waals surface area contributed by atoms with E-state index in [1.807, 2.05) is 0 Å². The van der Waals surface area contributed by atoms with E-state index in [2.05, 4.69) is 4.72 Å². The van der Waals surface area contributed by atoms with Gasteiger partial charge in [0.1, 0.15) is 6.04 Å². The average molecular weight is 340 g/mol. The van der Waals surface area contributed by atoms with Crippen molar-refractivity contribution in [3.05, 3.63) is 34.9 Å². The third-order valence-corrected chi connectivity index (χ3v) is 4.45. The van der Waals surface area contributed by atoms with Crippen LogP contribution in [0, 0.1) is 0 Å². The van der Waals surface area contributed by atoms with Crippen LogP contribution in [-0.4, -0.2) is 26.0 Å². The first kappa shape index (κ1) is 18.0. The fourth-order valence-corrected chi connectivity index (χ4v) is 2.39. The van der Waals surface area contributed by atoms with E-state index in [-0.39, 0.29) is 5.56 Å². The lowest BCUT2D eigenvalue weighted by molar-refractivity contribution is -0.168. The highest BCUT2D eigenvalue weighted by Crippen LogP contribution is 2.33. The van der Waals surface area contributed by atoms with Crippen LogP contribution in [0.1, 0.15) is 32.4 Å². The summed E-state index contributed by atoms with van der Waals surface area (Å²) in [5.74, 6) is -6.41.